The molecule has 2 aromatic carbocycles. The van der Waals surface area contributed by atoms with Crippen LogP contribution in [0.4, 0.5) is 36.4 Å². The first-order valence-electron chi connectivity index (χ1n) is 7.64. The number of alkyl halides is 3. The summed E-state index contributed by atoms with van der Waals surface area (Å²) in [4.78, 5) is 12.3. The molecule has 9 heteroatoms. The highest BCUT2D eigenvalue weighted by Crippen LogP contribution is 2.39. The normalized spacial score (nSPS) is 12.2. The summed E-state index contributed by atoms with van der Waals surface area (Å²) in [6, 6.07) is 8.50. The second-order valence-corrected chi connectivity index (χ2v) is 6.50. The van der Waals surface area contributed by atoms with E-state index in [9.17, 15) is 35.5 Å². The van der Waals surface area contributed by atoms with E-state index in [0.717, 1.165) is 0 Å². The van der Waals surface area contributed by atoms with Gasteiger partial charge in [0, 0.05) is 5.41 Å². The van der Waals surface area contributed by atoms with Crippen LogP contribution in [-0.4, -0.2) is 5.91 Å². The molecule has 0 aliphatic carbocycles. The number of anilines is 1. The Morgan fingerprint density at radius 3 is 1.81 bits per heavy atom. The molecule has 1 N–H and O–H groups in total. The zero-order valence-corrected chi connectivity index (χ0v) is 14.1. The third-order valence-corrected chi connectivity index (χ3v) is 3.89. The summed E-state index contributed by atoms with van der Waals surface area (Å²) >= 11 is 0. The van der Waals surface area contributed by atoms with Gasteiger partial charge >= 0.3 is 6.18 Å². The largest absolute Gasteiger partial charge is 0.422 e. The van der Waals surface area contributed by atoms with Crippen LogP contribution in [0.1, 0.15) is 25.0 Å². The molecule has 1 amide bonds. The lowest BCUT2D eigenvalue weighted by Gasteiger charge is -2.24. The average molecular weight is 393 g/mol. The highest BCUT2D eigenvalue weighted by Gasteiger charge is 2.43. The third kappa shape index (κ3) is 4.23. The second-order valence-electron chi connectivity index (χ2n) is 6.50. The first-order valence-corrected chi connectivity index (χ1v) is 7.64. The molecule has 2 rings (SSSR count). The number of nitrogens with one attached hydrogen (secondary N) is 1. The van der Waals surface area contributed by atoms with E-state index in [4.69, 9.17) is 0 Å². The summed E-state index contributed by atoms with van der Waals surface area (Å²) in [5.74, 6) is -10.9. The lowest BCUT2D eigenvalue weighted by atomic mass is 9.84. The van der Waals surface area contributed by atoms with Gasteiger partial charge in [0.1, 0.15) is 11.3 Å². The topological polar surface area (TPSA) is 29.1 Å². The Labute approximate surface area is 150 Å². The molecule has 0 saturated heterocycles. The molecular formula is C18H14F7NO. The van der Waals surface area contributed by atoms with Crippen LogP contribution in [0.15, 0.2) is 30.3 Å². The Balaban J connectivity index is 2.38. The fraction of sp³-hybridized carbons (Fsp3) is 0.278. The van der Waals surface area contributed by atoms with Crippen molar-refractivity contribution in [2.45, 2.75) is 26.4 Å². The predicted molar refractivity (Wildman–Crippen MR) is 83.8 cm³/mol. The van der Waals surface area contributed by atoms with Gasteiger partial charge in [-0.25, -0.2) is 17.6 Å². The molecule has 0 bridgehead atoms. The fourth-order valence-corrected chi connectivity index (χ4v) is 2.46. The molecule has 2 nitrogen and oxygen atoms in total. The third-order valence-electron chi connectivity index (χ3n) is 3.89. The first kappa shape index (κ1) is 20.7. The Bertz CT molecular complexity index is 831. The van der Waals surface area contributed by atoms with E-state index < -0.39 is 52.0 Å². The van der Waals surface area contributed by atoms with Gasteiger partial charge in [0.05, 0.1) is 0 Å². The molecule has 0 unspecified atom stereocenters. The van der Waals surface area contributed by atoms with E-state index in [1.807, 2.05) is 0 Å². The molecule has 146 valence electrons. The van der Waals surface area contributed by atoms with Crippen molar-refractivity contribution in [2.24, 2.45) is 5.41 Å². The summed E-state index contributed by atoms with van der Waals surface area (Å²) in [6.45, 7) is 2.81. The van der Waals surface area contributed by atoms with Crippen LogP contribution < -0.4 is 5.32 Å². The number of benzene rings is 2. The van der Waals surface area contributed by atoms with Gasteiger partial charge in [0.2, 0.25) is 5.91 Å². The van der Waals surface area contributed by atoms with Crippen LogP contribution in [0, 0.1) is 28.7 Å². The molecule has 0 aromatic heterocycles. The number of carbonyl (C=O) groups is 1. The van der Waals surface area contributed by atoms with E-state index in [1.54, 1.807) is 35.6 Å². The van der Waals surface area contributed by atoms with Gasteiger partial charge in [-0.2, -0.15) is 13.2 Å². The van der Waals surface area contributed by atoms with Crippen molar-refractivity contribution in [2.75, 3.05) is 5.32 Å². The fourth-order valence-electron chi connectivity index (χ4n) is 2.46. The van der Waals surface area contributed by atoms with Gasteiger partial charge < -0.3 is 5.32 Å². The van der Waals surface area contributed by atoms with Gasteiger partial charge in [-0.05, 0) is 12.0 Å². The zero-order chi connectivity index (χ0) is 20.6. The van der Waals surface area contributed by atoms with Gasteiger partial charge in [-0.3, -0.25) is 4.79 Å². The molecule has 2 aromatic rings. The summed E-state index contributed by atoms with van der Waals surface area (Å²) in [6.07, 6.45) is -5.54. The maximum Gasteiger partial charge on any atom is 0.422 e. The van der Waals surface area contributed by atoms with Crippen molar-refractivity contribution in [3.8, 4) is 0 Å². The molecule has 0 aliphatic heterocycles. The number of rotatable bonds is 4. The molecule has 0 spiro atoms. The smallest absolute Gasteiger partial charge is 0.321 e. The van der Waals surface area contributed by atoms with Crippen molar-refractivity contribution in [3.05, 3.63) is 64.7 Å². The molecule has 0 heterocycles. The van der Waals surface area contributed by atoms with Crippen molar-refractivity contribution >= 4 is 11.6 Å². The maximum absolute atomic E-state index is 13.9. The van der Waals surface area contributed by atoms with Crippen molar-refractivity contribution < 1.29 is 35.5 Å². The summed E-state index contributed by atoms with van der Waals surface area (Å²) in [5.41, 5.74) is -4.89. The van der Waals surface area contributed by atoms with Gasteiger partial charge in [-0.1, -0.05) is 44.2 Å². The molecule has 0 fully saturated rings. The minimum Gasteiger partial charge on any atom is -0.321 e. The lowest BCUT2D eigenvalue weighted by molar-refractivity contribution is -0.143. The second kappa shape index (κ2) is 7.21. The van der Waals surface area contributed by atoms with Crippen LogP contribution in [-0.2, 0) is 17.4 Å². The number of hydrogen-bond acceptors (Lipinski definition) is 1. The molecule has 0 aliphatic rings. The van der Waals surface area contributed by atoms with Crippen LogP contribution in [0.25, 0.3) is 0 Å². The highest BCUT2D eigenvalue weighted by atomic mass is 19.4. The number of hydrogen-bond donors (Lipinski definition) is 1. The highest BCUT2D eigenvalue weighted by molar-refractivity contribution is 5.95. The van der Waals surface area contributed by atoms with Crippen LogP contribution in [0.3, 0.4) is 0 Å². The lowest BCUT2D eigenvalue weighted by Crippen LogP contribution is -2.34. The average Bonchev–Trinajstić information content (AvgIpc) is 2.56. The SMILES string of the molecule is CC(C)(Cc1ccccc1)C(=O)Nc1c(F)c(F)c(C(F)(F)F)c(F)c1F. The van der Waals surface area contributed by atoms with Crippen LogP contribution in [0.5, 0.6) is 0 Å². The van der Waals surface area contributed by atoms with Gasteiger partial charge in [0.15, 0.2) is 23.3 Å². The van der Waals surface area contributed by atoms with Gasteiger partial charge in [0.25, 0.3) is 0 Å². The van der Waals surface area contributed by atoms with Crippen molar-refractivity contribution in [1.82, 2.24) is 0 Å². The zero-order valence-electron chi connectivity index (χ0n) is 14.1. The standard InChI is InChI=1S/C18H14F7NO/c1-17(2,8-9-6-4-3-5-7-9)16(27)26-15-13(21)11(19)10(18(23,24)25)12(20)14(15)22/h3-7H,8H2,1-2H3,(H,26,27). The summed E-state index contributed by atoms with van der Waals surface area (Å²) in [5, 5.41) is 1.66. The first-order chi connectivity index (χ1) is 12.4. The van der Waals surface area contributed by atoms with Crippen molar-refractivity contribution in [3.63, 3.8) is 0 Å². The molecule has 0 atom stereocenters. The van der Waals surface area contributed by atoms with Crippen molar-refractivity contribution in [1.29, 1.82) is 0 Å². The Kier molecular flexibility index (Phi) is 5.53. The Morgan fingerprint density at radius 2 is 1.37 bits per heavy atom. The maximum atomic E-state index is 13.9. The quantitative estimate of drug-likeness (QED) is 0.542. The van der Waals surface area contributed by atoms with Crippen LogP contribution in [0.2, 0.25) is 0 Å². The molecule has 0 radical (unpaired) electrons. The Hall–Kier alpha value is -2.58. The summed E-state index contributed by atoms with van der Waals surface area (Å²) in [7, 11) is 0. The Morgan fingerprint density at radius 1 is 0.889 bits per heavy atom. The monoisotopic (exact) mass is 393 g/mol. The summed E-state index contributed by atoms with van der Waals surface area (Å²) < 4.78 is 92.9. The molecule has 0 saturated carbocycles. The van der Waals surface area contributed by atoms with E-state index in [-0.39, 0.29) is 6.42 Å². The molecule has 27 heavy (non-hydrogen) atoms. The minimum absolute atomic E-state index is 0.106. The number of amides is 1. The molecular weight excluding hydrogens is 379 g/mol. The van der Waals surface area contributed by atoms with E-state index in [2.05, 4.69) is 0 Å². The minimum atomic E-state index is -5.65. The van der Waals surface area contributed by atoms with E-state index >= 15 is 0 Å². The number of carbonyl (C=O) groups excluding carboxylic acids is 1. The number of halogens is 7. The van der Waals surface area contributed by atoms with Gasteiger partial charge in [-0.15, -0.1) is 0 Å². The van der Waals surface area contributed by atoms with Crippen LogP contribution >= 0.6 is 0 Å². The van der Waals surface area contributed by atoms with E-state index in [0.29, 0.717) is 5.56 Å². The van der Waals surface area contributed by atoms with E-state index in [1.165, 1.54) is 13.8 Å². The predicted octanol–water partition coefficient (Wildman–Crippen LogP) is 5.47.